The number of aryl methyl sites for hydroxylation is 1. The molecule has 2 N–H and O–H groups in total. The van der Waals surface area contributed by atoms with Gasteiger partial charge in [-0.3, -0.25) is 4.31 Å². The summed E-state index contributed by atoms with van der Waals surface area (Å²) in [5.74, 6) is 0. The van der Waals surface area contributed by atoms with Crippen LogP contribution in [0.5, 0.6) is 0 Å². The molecule has 5 heteroatoms. The van der Waals surface area contributed by atoms with Gasteiger partial charge in [0.25, 0.3) is 10.0 Å². The van der Waals surface area contributed by atoms with Gasteiger partial charge in [0.05, 0.1) is 10.6 Å². The van der Waals surface area contributed by atoms with Crippen LogP contribution in [0.3, 0.4) is 0 Å². The quantitative estimate of drug-likeness (QED) is 0.864. The molecule has 0 saturated carbocycles. The van der Waals surface area contributed by atoms with E-state index < -0.39 is 10.0 Å². The van der Waals surface area contributed by atoms with Gasteiger partial charge in [-0.2, -0.15) is 0 Å². The van der Waals surface area contributed by atoms with Gasteiger partial charge in [0.1, 0.15) is 0 Å². The molecule has 0 fully saturated rings. The Morgan fingerprint density at radius 2 is 1.57 bits per heavy atom. The Morgan fingerprint density at radius 1 is 1.00 bits per heavy atom. The predicted molar refractivity (Wildman–Crippen MR) is 86.9 cm³/mol. The zero-order valence-electron chi connectivity index (χ0n) is 12.3. The molecular formula is C16H20N2O2S. The Labute approximate surface area is 126 Å². The van der Waals surface area contributed by atoms with Gasteiger partial charge < -0.3 is 5.73 Å². The first-order valence-corrected chi connectivity index (χ1v) is 8.32. The average Bonchev–Trinajstić information content (AvgIpc) is 2.48. The number of hydrogen-bond donors (Lipinski definition) is 1. The minimum absolute atomic E-state index is 0.293. The van der Waals surface area contributed by atoms with E-state index in [9.17, 15) is 8.42 Å². The molecule has 2 aromatic rings. The zero-order valence-corrected chi connectivity index (χ0v) is 13.1. The first kappa shape index (κ1) is 15.4. The molecule has 2 aromatic carbocycles. The fourth-order valence-corrected chi connectivity index (χ4v) is 3.29. The summed E-state index contributed by atoms with van der Waals surface area (Å²) in [6.07, 6.45) is 1.99. The van der Waals surface area contributed by atoms with Crippen molar-refractivity contribution in [2.45, 2.75) is 24.7 Å². The summed E-state index contributed by atoms with van der Waals surface area (Å²) in [5.41, 5.74) is 7.96. The van der Waals surface area contributed by atoms with Gasteiger partial charge in [0, 0.05) is 12.7 Å². The average molecular weight is 304 g/mol. The molecule has 0 aliphatic heterocycles. The van der Waals surface area contributed by atoms with Crippen molar-refractivity contribution < 1.29 is 8.42 Å². The van der Waals surface area contributed by atoms with Gasteiger partial charge in [0.2, 0.25) is 0 Å². The Balaban J connectivity index is 2.30. The minimum Gasteiger partial charge on any atom is -0.399 e. The summed E-state index contributed by atoms with van der Waals surface area (Å²) in [6, 6.07) is 13.8. The Morgan fingerprint density at radius 3 is 2.10 bits per heavy atom. The third-order valence-corrected chi connectivity index (χ3v) is 5.18. The van der Waals surface area contributed by atoms with Crippen LogP contribution in [0.4, 0.5) is 11.4 Å². The molecular weight excluding hydrogens is 284 g/mol. The van der Waals surface area contributed by atoms with Gasteiger partial charge in [-0.1, -0.05) is 25.5 Å². The van der Waals surface area contributed by atoms with Crippen LogP contribution in [-0.4, -0.2) is 15.5 Å². The van der Waals surface area contributed by atoms with Crippen molar-refractivity contribution >= 4 is 21.4 Å². The third kappa shape index (κ3) is 3.36. The number of hydrogen-bond acceptors (Lipinski definition) is 3. The van der Waals surface area contributed by atoms with Crippen LogP contribution < -0.4 is 10.0 Å². The lowest BCUT2D eigenvalue weighted by Gasteiger charge is -2.19. The first-order chi connectivity index (χ1) is 9.95. The van der Waals surface area contributed by atoms with Gasteiger partial charge in [0.15, 0.2) is 0 Å². The van der Waals surface area contributed by atoms with Crippen molar-refractivity contribution in [3.05, 3.63) is 54.1 Å². The monoisotopic (exact) mass is 304 g/mol. The first-order valence-electron chi connectivity index (χ1n) is 6.88. The van der Waals surface area contributed by atoms with Gasteiger partial charge in [-0.05, 0) is 48.4 Å². The highest BCUT2D eigenvalue weighted by atomic mass is 32.2. The van der Waals surface area contributed by atoms with Crippen molar-refractivity contribution in [1.29, 1.82) is 0 Å². The Bertz CT molecular complexity index is 692. The molecule has 112 valence electrons. The highest BCUT2D eigenvalue weighted by molar-refractivity contribution is 7.92. The summed E-state index contributed by atoms with van der Waals surface area (Å²) >= 11 is 0. The number of sulfonamides is 1. The van der Waals surface area contributed by atoms with Gasteiger partial charge in [-0.15, -0.1) is 0 Å². The second kappa shape index (κ2) is 6.18. The molecule has 0 aliphatic carbocycles. The van der Waals surface area contributed by atoms with Crippen molar-refractivity contribution in [2.24, 2.45) is 0 Å². The number of anilines is 2. The topological polar surface area (TPSA) is 63.4 Å². The maximum absolute atomic E-state index is 12.6. The number of nitrogens with two attached hydrogens (primary N) is 1. The van der Waals surface area contributed by atoms with Crippen molar-refractivity contribution in [3.8, 4) is 0 Å². The van der Waals surface area contributed by atoms with E-state index in [4.69, 9.17) is 5.73 Å². The van der Waals surface area contributed by atoms with Crippen molar-refractivity contribution in [2.75, 3.05) is 17.1 Å². The van der Waals surface area contributed by atoms with Crippen LogP contribution in [0.15, 0.2) is 53.4 Å². The molecule has 0 radical (unpaired) electrons. The number of benzene rings is 2. The van der Waals surface area contributed by atoms with Crippen LogP contribution in [0.25, 0.3) is 0 Å². The molecule has 0 saturated heterocycles. The number of nitrogens with zero attached hydrogens (tertiary/aromatic N) is 1. The van der Waals surface area contributed by atoms with Crippen molar-refractivity contribution in [3.63, 3.8) is 0 Å². The third-order valence-electron chi connectivity index (χ3n) is 3.38. The second-order valence-corrected chi connectivity index (χ2v) is 6.93. The Hall–Kier alpha value is -2.01. The molecule has 0 amide bonds. The Kier molecular flexibility index (Phi) is 4.53. The summed E-state index contributed by atoms with van der Waals surface area (Å²) < 4.78 is 26.4. The molecule has 2 rings (SSSR count). The highest BCUT2D eigenvalue weighted by Gasteiger charge is 2.20. The van der Waals surface area contributed by atoms with E-state index in [0.29, 0.717) is 16.3 Å². The van der Waals surface area contributed by atoms with Gasteiger partial charge >= 0.3 is 0 Å². The molecule has 4 nitrogen and oxygen atoms in total. The SMILES string of the molecule is CCCc1ccc(S(=O)(=O)N(C)c2ccc(N)cc2)cc1. The number of rotatable bonds is 5. The van der Waals surface area contributed by atoms with Crippen LogP contribution in [-0.2, 0) is 16.4 Å². The van der Waals surface area contributed by atoms with E-state index in [1.807, 2.05) is 12.1 Å². The lowest BCUT2D eigenvalue weighted by Crippen LogP contribution is -2.26. The molecule has 21 heavy (non-hydrogen) atoms. The summed E-state index contributed by atoms with van der Waals surface area (Å²) in [7, 11) is -2.00. The van der Waals surface area contributed by atoms with E-state index in [1.54, 1.807) is 43.4 Å². The normalized spacial score (nSPS) is 11.3. The summed E-state index contributed by atoms with van der Waals surface area (Å²) in [6.45, 7) is 2.10. The van der Waals surface area contributed by atoms with E-state index in [2.05, 4.69) is 6.92 Å². The maximum Gasteiger partial charge on any atom is 0.264 e. The van der Waals surface area contributed by atoms with E-state index in [0.717, 1.165) is 18.4 Å². The molecule has 0 spiro atoms. The summed E-state index contributed by atoms with van der Waals surface area (Å²) in [5, 5.41) is 0. The number of nitrogen functional groups attached to an aromatic ring is 1. The fraction of sp³-hybridized carbons (Fsp3) is 0.250. The second-order valence-electron chi connectivity index (χ2n) is 4.96. The standard InChI is InChI=1S/C16H20N2O2S/c1-3-4-13-5-11-16(12-6-13)21(19,20)18(2)15-9-7-14(17)8-10-15/h5-12H,3-4,17H2,1-2H3. The van der Waals surface area contributed by atoms with E-state index in [-0.39, 0.29) is 0 Å². The molecule has 0 heterocycles. The molecule has 0 unspecified atom stereocenters. The fourth-order valence-electron chi connectivity index (χ4n) is 2.10. The zero-order chi connectivity index (χ0) is 15.5. The van der Waals surface area contributed by atoms with Crippen molar-refractivity contribution in [1.82, 2.24) is 0 Å². The van der Waals surface area contributed by atoms with Crippen LogP contribution in [0, 0.1) is 0 Å². The lowest BCUT2D eigenvalue weighted by molar-refractivity contribution is 0.594. The predicted octanol–water partition coefficient (Wildman–Crippen LogP) is 3.05. The molecule has 0 aromatic heterocycles. The minimum atomic E-state index is -3.54. The highest BCUT2D eigenvalue weighted by Crippen LogP contribution is 2.23. The molecule has 0 aliphatic rings. The molecule has 0 atom stereocenters. The van der Waals surface area contributed by atoms with Crippen LogP contribution in [0.2, 0.25) is 0 Å². The van der Waals surface area contributed by atoms with E-state index >= 15 is 0 Å². The van der Waals surface area contributed by atoms with Crippen LogP contribution >= 0.6 is 0 Å². The van der Waals surface area contributed by atoms with Gasteiger partial charge in [-0.25, -0.2) is 8.42 Å². The largest absolute Gasteiger partial charge is 0.399 e. The smallest absolute Gasteiger partial charge is 0.264 e. The molecule has 0 bridgehead atoms. The summed E-state index contributed by atoms with van der Waals surface area (Å²) in [4.78, 5) is 0.293. The lowest BCUT2D eigenvalue weighted by atomic mass is 10.1. The van der Waals surface area contributed by atoms with Crippen LogP contribution in [0.1, 0.15) is 18.9 Å². The maximum atomic E-state index is 12.6. The van der Waals surface area contributed by atoms with E-state index in [1.165, 1.54) is 4.31 Å².